The zero-order valence-electron chi connectivity index (χ0n) is 20.4. The van der Waals surface area contributed by atoms with Gasteiger partial charge in [-0.05, 0) is 43.3 Å². The van der Waals surface area contributed by atoms with Crippen molar-refractivity contribution in [1.29, 1.82) is 0 Å². The lowest BCUT2D eigenvalue weighted by Crippen LogP contribution is -2.45. The molecular weight excluding hydrogens is 412 g/mol. The third-order valence-corrected chi connectivity index (χ3v) is 9.91. The second-order valence-corrected chi connectivity index (χ2v) is 16.4. The smallest absolute Gasteiger partial charge is 0.289 e. The summed E-state index contributed by atoms with van der Waals surface area (Å²) < 4.78 is 5.80. The van der Waals surface area contributed by atoms with E-state index in [0.717, 1.165) is 5.56 Å². The predicted molar refractivity (Wildman–Crippen MR) is 132 cm³/mol. The minimum Gasteiger partial charge on any atom is -0.492 e. The molecule has 0 bridgehead atoms. The summed E-state index contributed by atoms with van der Waals surface area (Å²) in [5.74, 6) is -0.0449. The molecule has 0 radical (unpaired) electrons. The fourth-order valence-electron chi connectivity index (χ4n) is 4.18. The highest BCUT2D eigenvalue weighted by molar-refractivity contribution is 6.78. The fourth-order valence-corrected chi connectivity index (χ4v) is 9.49. The maximum absolute atomic E-state index is 12.6. The minimum atomic E-state index is -1.23. The van der Waals surface area contributed by atoms with E-state index in [2.05, 4.69) is 77.6 Å². The first-order valence-electron chi connectivity index (χ1n) is 10.4. The number of benzene rings is 1. The average Bonchev–Trinajstić information content (AvgIpc) is 2.56. The highest BCUT2D eigenvalue weighted by atomic mass is 35.5. The van der Waals surface area contributed by atoms with Gasteiger partial charge in [0.25, 0.3) is 5.91 Å². The Hall–Kier alpha value is -1.59. The standard InChI is InChI=1S/C24H39ClN2O2Si/c1-17(20(25)21(28)27(26-11)22(2,3)4)29-16-18-12-14-19(15-13-18)30(23(5,6)7)24(8,9)10/h12-15,30H,11,16H2,1-10H3/b20-17-. The number of nitrogens with zero attached hydrogens (tertiary/aromatic N) is 2. The van der Waals surface area contributed by atoms with Crippen molar-refractivity contribution in [3.63, 3.8) is 0 Å². The van der Waals surface area contributed by atoms with Crippen LogP contribution in [0.4, 0.5) is 0 Å². The van der Waals surface area contributed by atoms with E-state index in [1.165, 1.54) is 10.2 Å². The summed E-state index contributed by atoms with van der Waals surface area (Å²) in [4.78, 5) is 12.6. The molecule has 0 heterocycles. The van der Waals surface area contributed by atoms with Crippen molar-refractivity contribution in [1.82, 2.24) is 5.01 Å². The van der Waals surface area contributed by atoms with Gasteiger partial charge in [-0.2, -0.15) is 5.10 Å². The Morgan fingerprint density at radius 1 is 1.03 bits per heavy atom. The molecule has 0 N–H and O–H groups in total. The van der Waals surface area contributed by atoms with Gasteiger partial charge >= 0.3 is 0 Å². The summed E-state index contributed by atoms with van der Waals surface area (Å²) >= 11 is 6.28. The topological polar surface area (TPSA) is 41.9 Å². The summed E-state index contributed by atoms with van der Waals surface area (Å²) in [5.41, 5.74) is 0.524. The van der Waals surface area contributed by atoms with Gasteiger partial charge in [0.15, 0.2) is 0 Å². The van der Waals surface area contributed by atoms with Gasteiger partial charge in [-0.15, -0.1) is 0 Å². The van der Waals surface area contributed by atoms with Crippen LogP contribution in [0.5, 0.6) is 0 Å². The van der Waals surface area contributed by atoms with Crippen LogP contribution < -0.4 is 5.19 Å². The van der Waals surface area contributed by atoms with E-state index in [1.807, 2.05) is 20.8 Å². The summed E-state index contributed by atoms with van der Waals surface area (Å²) in [6.45, 7) is 25.2. The lowest BCUT2D eigenvalue weighted by molar-refractivity contribution is -0.131. The maximum atomic E-state index is 12.6. The van der Waals surface area contributed by atoms with E-state index < -0.39 is 20.2 Å². The number of amides is 1. The largest absolute Gasteiger partial charge is 0.492 e. The zero-order valence-corrected chi connectivity index (χ0v) is 22.3. The Morgan fingerprint density at radius 2 is 1.50 bits per heavy atom. The number of carbonyl (C=O) groups excluding carboxylic acids is 1. The van der Waals surface area contributed by atoms with Gasteiger partial charge in [0.2, 0.25) is 0 Å². The van der Waals surface area contributed by atoms with Crippen molar-refractivity contribution >= 4 is 38.2 Å². The van der Waals surface area contributed by atoms with Gasteiger partial charge in [0.05, 0.1) is 14.3 Å². The molecule has 0 aliphatic rings. The van der Waals surface area contributed by atoms with Crippen molar-refractivity contribution in [2.45, 2.75) is 91.5 Å². The monoisotopic (exact) mass is 450 g/mol. The van der Waals surface area contributed by atoms with Gasteiger partial charge in [-0.25, -0.2) is 5.01 Å². The van der Waals surface area contributed by atoms with Crippen LogP contribution in [0.3, 0.4) is 0 Å². The zero-order chi connectivity index (χ0) is 23.5. The molecule has 0 aromatic heterocycles. The van der Waals surface area contributed by atoms with Gasteiger partial charge in [-0.3, -0.25) is 4.79 Å². The number of ether oxygens (including phenoxy) is 1. The summed E-state index contributed by atoms with van der Waals surface area (Å²) in [6, 6.07) is 8.70. The van der Waals surface area contributed by atoms with Crippen LogP contribution in [0, 0.1) is 0 Å². The molecule has 168 valence electrons. The van der Waals surface area contributed by atoms with Crippen LogP contribution in [-0.2, 0) is 16.1 Å². The first-order valence-corrected chi connectivity index (χ1v) is 12.5. The molecule has 0 atom stereocenters. The van der Waals surface area contributed by atoms with Crippen molar-refractivity contribution in [2.75, 3.05) is 0 Å². The van der Waals surface area contributed by atoms with Gasteiger partial charge < -0.3 is 4.74 Å². The Kier molecular flexibility index (Phi) is 8.54. The Balaban J connectivity index is 2.97. The Labute approximate surface area is 189 Å². The molecule has 4 nitrogen and oxygen atoms in total. The third-order valence-electron chi connectivity index (χ3n) is 4.97. The lowest BCUT2D eigenvalue weighted by Gasteiger charge is -2.39. The fraction of sp³-hybridized carbons (Fsp3) is 0.583. The van der Waals surface area contributed by atoms with Crippen molar-refractivity contribution < 1.29 is 9.53 Å². The van der Waals surface area contributed by atoms with Gasteiger partial charge in [-0.1, -0.05) is 82.6 Å². The quantitative estimate of drug-likeness (QED) is 0.176. The predicted octanol–water partition coefficient (Wildman–Crippen LogP) is 5.95. The Bertz CT molecular complexity index is 767. The number of rotatable bonds is 6. The number of hydrogen-bond donors (Lipinski definition) is 0. The van der Waals surface area contributed by atoms with Crippen LogP contribution in [0.2, 0.25) is 10.1 Å². The second-order valence-electron chi connectivity index (χ2n) is 11.0. The molecule has 1 aromatic carbocycles. The average molecular weight is 451 g/mol. The molecular formula is C24H39ClN2O2Si. The van der Waals surface area contributed by atoms with Crippen LogP contribution in [0.15, 0.2) is 40.2 Å². The first-order chi connectivity index (χ1) is 13.5. The molecule has 1 amide bonds. The van der Waals surface area contributed by atoms with E-state index in [9.17, 15) is 4.79 Å². The molecule has 0 aliphatic carbocycles. The van der Waals surface area contributed by atoms with Crippen LogP contribution >= 0.6 is 11.6 Å². The van der Waals surface area contributed by atoms with Crippen molar-refractivity contribution in [3.05, 3.63) is 40.6 Å². The number of hydrazone groups is 1. The molecule has 0 saturated heterocycles. The Morgan fingerprint density at radius 3 is 1.87 bits per heavy atom. The van der Waals surface area contributed by atoms with Gasteiger partial charge in [0, 0.05) is 6.72 Å². The summed E-state index contributed by atoms with van der Waals surface area (Å²) in [7, 11) is -1.23. The highest BCUT2D eigenvalue weighted by Crippen LogP contribution is 2.41. The first kappa shape index (κ1) is 26.4. The number of halogens is 1. The lowest BCUT2D eigenvalue weighted by atomic mass is 10.1. The third kappa shape index (κ3) is 6.98. The summed E-state index contributed by atoms with van der Waals surface area (Å²) in [5, 5.41) is 7.13. The number of hydrogen-bond acceptors (Lipinski definition) is 3. The normalized spacial score (nSPS) is 13.7. The van der Waals surface area contributed by atoms with E-state index >= 15 is 0 Å². The van der Waals surface area contributed by atoms with Crippen molar-refractivity contribution in [2.24, 2.45) is 5.10 Å². The van der Waals surface area contributed by atoms with E-state index in [1.54, 1.807) is 6.92 Å². The molecule has 0 unspecified atom stereocenters. The molecule has 30 heavy (non-hydrogen) atoms. The summed E-state index contributed by atoms with van der Waals surface area (Å²) in [6.07, 6.45) is 0. The molecule has 6 heteroatoms. The minimum absolute atomic E-state index is 0.0156. The van der Waals surface area contributed by atoms with E-state index in [4.69, 9.17) is 16.3 Å². The SMILES string of the molecule is C=NN(C(=O)/C(Cl)=C(\C)OCc1ccc([SiH](C(C)(C)C)C(C)(C)C)cc1)C(C)(C)C. The number of carbonyl (C=O) groups is 1. The van der Waals surface area contributed by atoms with E-state index in [-0.39, 0.29) is 5.03 Å². The van der Waals surface area contributed by atoms with Crippen LogP contribution in [-0.4, -0.2) is 32.0 Å². The molecule has 1 rings (SSSR count). The molecule has 1 aromatic rings. The van der Waals surface area contributed by atoms with E-state index in [0.29, 0.717) is 22.4 Å². The molecule has 0 aliphatic heterocycles. The second kappa shape index (κ2) is 9.69. The maximum Gasteiger partial charge on any atom is 0.289 e. The van der Waals surface area contributed by atoms with Crippen molar-refractivity contribution in [3.8, 4) is 0 Å². The highest BCUT2D eigenvalue weighted by Gasteiger charge is 2.37. The van der Waals surface area contributed by atoms with Gasteiger partial charge in [0.1, 0.15) is 17.4 Å². The van der Waals surface area contributed by atoms with Crippen LogP contribution in [0.1, 0.15) is 74.8 Å². The number of allylic oxidation sites excluding steroid dienone is 1. The molecule has 0 spiro atoms. The van der Waals surface area contributed by atoms with Crippen LogP contribution in [0.25, 0.3) is 0 Å². The molecule has 0 fully saturated rings. The molecule has 0 saturated carbocycles.